The molecule has 0 amide bonds. The molecule has 0 aliphatic heterocycles. The Morgan fingerprint density at radius 2 is 1.89 bits per heavy atom. The van der Waals surface area contributed by atoms with Crippen LogP contribution in [0, 0.1) is 0 Å². The van der Waals surface area contributed by atoms with Crippen molar-refractivity contribution in [3.05, 3.63) is 27.7 Å². The lowest BCUT2D eigenvalue weighted by molar-refractivity contribution is -0.147. The van der Waals surface area contributed by atoms with E-state index in [2.05, 4.69) is 15.9 Å². The van der Waals surface area contributed by atoms with Gasteiger partial charge in [-0.1, -0.05) is 43.1 Å². The van der Waals surface area contributed by atoms with Crippen molar-refractivity contribution < 1.29 is 15.0 Å². The van der Waals surface area contributed by atoms with Gasteiger partial charge < -0.3 is 10.2 Å². The van der Waals surface area contributed by atoms with E-state index in [1.54, 1.807) is 6.07 Å². The molecule has 4 heteroatoms. The first-order valence-corrected chi connectivity index (χ1v) is 7.25. The second-order valence-corrected chi connectivity index (χ2v) is 7.26. The maximum atomic E-state index is 11.6. The lowest BCUT2D eigenvalue weighted by atomic mass is 9.63. The maximum absolute atomic E-state index is 11.6. The van der Waals surface area contributed by atoms with Gasteiger partial charge >= 0.3 is 5.97 Å². The fraction of sp³-hybridized carbons (Fsp3) is 0.533. The molecule has 0 bridgehead atoms. The Balaban J connectivity index is 2.65. The summed E-state index contributed by atoms with van der Waals surface area (Å²) in [6.45, 7) is 6.02. The summed E-state index contributed by atoms with van der Waals surface area (Å²) < 4.78 is 0.817. The van der Waals surface area contributed by atoms with E-state index in [4.69, 9.17) is 0 Å². The molecule has 0 spiro atoms. The lowest BCUT2D eigenvalue weighted by Crippen LogP contribution is -2.42. The van der Waals surface area contributed by atoms with Crippen LogP contribution in [0.4, 0.5) is 0 Å². The first-order valence-electron chi connectivity index (χ1n) is 6.45. The van der Waals surface area contributed by atoms with Crippen LogP contribution >= 0.6 is 15.9 Å². The van der Waals surface area contributed by atoms with E-state index in [9.17, 15) is 15.0 Å². The van der Waals surface area contributed by atoms with Crippen LogP contribution in [0.25, 0.3) is 0 Å². The third kappa shape index (κ3) is 2.27. The third-order valence-electron chi connectivity index (χ3n) is 4.01. The molecule has 2 rings (SSSR count). The van der Waals surface area contributed by atoms with Crippen molar-refractivity contribution in [2.75, 3.05) is 0 Å². The van der Waals surface area contributed by atoms with Gasteiger partial charge in [-0.2, -0.15) is 0 Å². The Kier molecular flexibility index (Phi) is 3.42. The third-order valence-corrected chi connectivity index (χ3v) is 4.47. The minimum absolute atomic E-state index is 0.137. The number of aromatic hydroxyl groups is 1. The number of aliphatic carboxylic acids is 1. The normalized spacial score (nSPS) is 17.9. The Morgan fingerprint density at radius 3 is 2.26 bits per heavy atom. The van der Waals surface area contributed by atoms with Crippen LogP contribution < -0.4 is 0 Å². The largest absolute Gasteiger partial charge is 0.507 e. The van der Waals surface area contributed by atoms with Crippen molar-refractivity contribution >= 4 is 21.9 Å². The summed E-state index contributed by atoms with van der Waals surface area (Å²) in [6, 6.07) is 3.62. The highest BCUT2D eigenvalue weighted by molar-refractivity contribution is 9.10. The monoisotopic (exact) mass is 326 g/mol. The average Bonchev–Trinajstić information content (AvgIpc) is 2.18. The zero-order valence-electron chi connectivity index (χ0n) is 11.5. The zero-order chi connectivity index (χ0) is 14.4. The highest BCUT2D eigenvalue weighted by Crippen LogP contribution is 2.50. The molecule has 1 aromatic rings. The number of phenols is 1. The minimum Gasteiger partial charge on any atom is -0.507 e. The van der Waals surface area contributed by atoms with Crippen LogP contribution in [0.15, 0.2) is 16.6 Å². The van der Waals surface area contributed by atoms with Gasteiger partial charge in [0.05, 0.1) is 5.41 Å². The predicted molar refractivity (Wildman–Crippen MR) is 77.7 cm³/mol. The van der Waals surface area contributed by atoms with E-state index < -0.39 is 11.4 Å². The van der Waals surface area contributed by atoms with Gasteiger partial charge in [-0.3, -0.25) is 4.79 Å². The van der Waals surface area contributed by atoms with Crippen LogP contribution in [0.5, 0.6) is 5.75 Å². The molecule has 0 atom stereocenters. The SMILES string of the molecule is CC(C)(C)c1cc(Br)cc(C2(C(=O)O)CCC2)c1O. The van der Waals surface area contributed by atoms with Crippen LogP contribution in [-0.2, 0) is 15.6 Å². The highest BCUT2D eigenvalue weighted by Gasteiger charge is 2.48. The van der Waals surface area contributed by atoms with Crippen molar-refractivity contribution in [3.63, 3.8) is 0 Å². The molecule has 0 saturated heterocycles. The number of phenolic OH excluding ortho intramolecular Hbond substituents is 1. The maximum Gasteiger partial charge on any atom is 0.314 e. The summed E-state index contributed by atoms with van der Waals surface area (Å²) in [6.07, 6.45) is 2.08. The Labute approximate surface area is 121 Å². The second-order valence-electron chi connectivity index (χ2n) is 6.34. The van der Waals surface area contributed by atoms with Crippen molar-refractivity contribution in [1.82, 2.24) is 0 Å². The molecule has 1 aliphatic carbocycles. The van der Waals surface area contributed by atoms with Gasteiger partial charge in [0.1, 0.15) is 5.75 Å². The van der Waals surface area contributed by atoms with Crippen molar-refractivity contribution in [2.24, 2.45) is 0 Å². The molecule has 1 fully saturated rings. The molecule has 104 valence electrons. The van der Waals surface area contributed by atoms with Gasteiger partial charge in [0.2, 0.25) is 0 Å². The molecule has 0 heterocycles. The first-order chi connectivity index (χ1) is 8.68. The van der Waals surface area contributed by atoms with Gasteiger partial charge in [-0.25, -0.2) is 0 Å². The Hall–Kier alpha value is -1.03. The molecule has 0 radical (unpaired) electrons. The standard InChI is InChI=1S/C15H19BrO3/c1-14(2,3)10-7-9(16)8-11(12(10)17)15(13(18)19)5-4-6-15/h7-8,17H,4-6H2,1-3H3,(H,18,19). The van der Waals surface area contributed by atoms with E-state index in [0.717, 1.165) is 16.5 Å². The average molecular weight is 327 g/mol. The fourth-order valence-electron chi connectivity index (χ4n) is 2.66. The molecule has 0 unspecified atom stereocenters. The zero-order valence-corrected chi connectivity index (χ0v) is 13.0. The Bertz CT molecular complexity index is 525. The van der Waals surface area contributed by atoms with E-state index >= 15 is 0 Å². The van der Waals surface area contributed by atoms with Crippen molar-refractivity contribution in [3.8, 4) is 5.75 Å². The topological polar surface area (TPSA) is 57.5 Å². The second kappa shape index (κ2) is 4.51. The summed E-state index contributed by atoms with van der Waals surface area (Å²) in [5, 5.41) is 20.0. The molecule has 19 heavy (non-hydrogen) atoms. The van der Waals surface area contributed by atoms with E-state index in [-0.39, 0.29) is 11.2 Å². The number of rotatable bonds is 2. The number of hydrogen-bond acceptors (Lipinski definition) is 2. The number of halogens is 1. The number of benzene rings is 1. The quantitative estimate of drug-likeness (QED) is 0.864. The van der Waals surface area contributed by atoms with Gasteiger partial charge in [0.25, 0.3) is 0 Å². The van der Waals surface area contributed by atoms with Crippen molar-refractivity contribution in [1.29, 1.82) is 0 Å². The smallest absolute Gasteiger partial charge is 0.314 e. The summed E-state index contributed by atoms with van der Waals surface area (Å²) >= 11 is 3.43. The van der Waals surface area contributed by atoms with Gasteiger partial charge in [-0.15, -0.1) is 0 Å². The van der Waals surface area contributed by atoms with E-state index in [1.807, 2.05) is 26.8 Å². The molecular formula is C15H19BrO3. The summed E-state index contributed by atoms with van der Waals surface area (Å²) in [4.78, 5) is 11.6. The molecule has 2 N–H and O–H groups in total. The highest BCUT2D eigenvalue weighted by atomic mass is 79.9. The molecule has 3 nitrogen and oxygen atoms in total. The van der Waals surface area contributed by atoms with E-state index in [1.165, 1.54) is 0 Å². The van der Waals surface area contributed by atoms with Gasteiger partial charge in [0, 0.05) is 15.6 Å². The predicted octanol–water partition coefficient (Wildman–Crippen LogP) is 3.96. The number of carboxylic acid groups (broad SMARTS) is 1. The first kappa shape index (κ1) is 14.4. The summed E-state index contributed by atoms with van der Waals surface area (Å²) in [5.41, 5.74) is 0.190. The number of carboxylic acids is 1. The fourth-order valence-corrected chi connectivity index (χ4v) is 3.12. The molecule has 1 aromatic carbocycles. The van der Waals surface area contributed by atoms with Crippen LogP contribution in [-0.4, -0.2) is 16.2 Å². The molecule has 1 saturated carbocycles. The molecule has 0 aromatic heterocycles. The lowest BCUT2D eigenvalue weighted by Gasteiger charge is -2.39. The summed E-state index contributed by atoms with van der Waals surface area (Å²) in [7, 11) is 0. The minimum atomic E-state index is -0.909. The van der Waals surface area contributed by atoms with E-state index in [0.29, 0.717) is 18.4 Å². The van der Waals surface area contributed by atoms with Crippen molar-refractivity contribution in [2.45, 2.75) is 50.9 Å². The van der Waals surface area contributed by atoms with Gasteiger partial charge in [-0.05, 0) is 30.4 Å². The van der Waals surface area contributed by atoms with Crippen LogP contribution in [0.1, 0.15) is 51.2 Å². The van der Waals surface area contributed by atoms with Crippen LogP contribution in [0.3, 0.4) is 0 Å². The number of hydrogen-bond donors (Lipinski definition) is 2. The Morgan fingerprint density at radius 1 is 1.32 bits per heavy atom. The van der Waals surface area contributed by atoms with Gasteiger partial charge in [0.15, 0.2) is 0 Å². The summed E-state index contributed by atoms with van der Waals surface area (Å²) in [5.74, 6) is -0.704. The van der Waals surface area contributed by atoms with Crippen LogP contribution in [0.2, 0.25) is 0 Å². The number of carbonyl (C=O) groups is 1. The molecular weight excluding hydrogens is 308 g/mol. The molecule has 1 aliphatic rings.